The van der Waals surface area contributed by atoms with Gasteiger partial charge in [0.05, 0.1) is 19.3 Å². The van der Waals surface area contributed by atoms with Crippen LogP contribution >= 0.6 is 0 Å². The minimum atomic E-state index is -0.305. The van der Waals surface area contributed by atoms with Crippen LogP contribution in [0.4, 0.5) is 0 Å². The molecule has 2 heterocycles. The van der Waals surface area contributed by atoms with Crippen molar-refractivity contribution in [2.24, 2.45) is 5.92 Å². The van der Waals surface area contributed by atoms with E-state index in [2.05, 4.69) is 4.98 Å². The zero-order valence-corrected chi connectivity index (χ0v) is 7.39. The lowest BCUT2D eigenvalue weighted by molar-refractivity contribution is 0.118. The van der Waals surface area contributed by atoms with Gasteiger partial charge in [-0.25, -0.2) is 0 Å². The van der Waals surface area contributed by atoms with E-state index in [1.807, 2.05) is 18.3 Å². The van der Waals surface area contributed by atoms with E-state index in [1.165, 1.54) is 0 Å². The maximum Gasteiger partial charge on any atom is 0.0826 e. The SMILES string of the molecule is O[C@@H]1COC[C@H]1Cc1cccnc1. The van der Waals surface area contributed by atoms with Crippen LogP contribution in [0, 0.1) is 5.92 Å². The second-order valence-corrected chi connectivity index (χ2v) is 3.43. The molecule has 1 aromatic heterocycles. The van der Waals surface area contributed by atoms with Gasteiger partial charge in [0.15, 0.2) is 0 Å². The fourth-order valence-electron chi connectivity index (χ4n) is 1.60. The molecule has 0 saturated carbocycles. The number of aliphatic hydroxyl groups is 1. The first-order valence-corrected chi connectivity index (χ1v) is 4.51. The van der Waals surface area contributed by atoms with Crippen LogP contribution in [-0.2, 0) is 11.2 Å². The van der Waals surface area contributed by atoms with Gasteiger partial charge in [0.2, 0.25) is 0 Å². The summed E-state index contributed by atoms with van der Waals surface area (Å²) >= 11 is 0. The highest BCUT2D eigenvalue weighted by molar-refractivity contribution is 5.10. The second kappa shape index (κ2) is 3.85. The van der Waals surface area contributed by atoms with Crippen LogP contribution in [0.25, 0.3) is 0 Å². The van der Waals surface area contributed by atoms with E-state index in [9.17, 15) is 5.11 Å². The molecular weight excluding hydrogens is 166 g/mol. The summed E-state index contributed by atoms with van der Waals surface area (Å²) in [5.74, 6) is 0.240. The van der Waals surface area contributed by atoms with Gasteiger partial charge in [-0.3, -0.25) is 4.98 Å². The number of nitrogens with zero attached hydrogens (tertiary/aromatic N) is 1. The Balaban J connectivity index is 1.98. The summed E-state index contributed by atoms with van der Waals surface area (Å²) in [6.07, 6.45) is 4.14. The van der Waals surface area contributed by atoms with Crippen molar-refractivity contribution in [3.05, 3.63) is 30.1 Å². The van der Waals surface area contributed by atoms with E-state index in [4.69, 9.17) is 4.74 Å². The average Bonchev–Trinajstić information content (AvgIpc) is 2.54. The van der Waals surface area contributed by atoms with Gasteiger partial charge in [-0.2, -0.15) is 0 Å². The fraction of sp³-hybridized carbons (Fsp3) is 0.500. The third-order valence-corrected chi connectivity index (χ3v) is 2.39. The third kappa shape index (κ3) is 2.05. The molecule has 2 rings (SSSR count). The normalized spacial score (nSPS) is 27.8. The summed E-state index contributed by atoms with van der Waals surface area (Å²) in [6.45, 7) is 1.14. The lowest BCUT2D eigenvalue weighted by Crippen LogP contribution is -2.19. The maximum atomic E-state index is 9.50. The number of aliphatic hydroxyl groups excluding tert-OH is 1. The predicted molar refractivity (Wildman–Crippen MR) is 48.3 cm³/mol. The first kappa shape index (κ1) is 8.66. The van der Waals surface area contributed by atoms with Crippen LogP contribution in [0.5, 0.6) is 0 Å². The van der Waals surface area contributed by atoms with Crippen LogP contribution in [0.15, 0.2) is 24.5 Å². The van der Waals surface area contributed by atoms with Gasteiger partial charge in [-0.05, 0) is 18.1 Å². The zero-order chi connectivity index (χ0) is 9.10. The Morgan fingerprint density at radius 1 is 1.54 bits per heavy atom. The van der Waals surface area contributed by atoms with Crippen LogP contribution in [0.3, 0.4) is 0 Å². The standard InChI is InChI=1S/C10H13NO2/c12-10-7-13-6-9(10)4-8-2-1-3-11-5-8/h1-3,5,9-10,12H,4,6-7H2/t9-,10-/m1/s1. The molecular formula is C10H13NO2. The van der Waals surface area contributed by atoms with E-state index in [-0.39, 0.29) is 12.0 Å². The number of hydrogen-bond donors (Lipinski definition) is 1. The summed E-state index contributed by atoms with van der Waals surface area (Å²) < 4.78 is 5.17. The van der Waals surface area contributed by atoms with Crippen LogP contribution < -0.4 is 0 Å². The Hall–Kier alpha value is -0.930. The predicted octanol–water partition coefficient (Wildman–Crippen LogP) is 0.631. The first-order chi connectivity index (χ1) is 6.36. The molecule has 1 saturated heterocycles. The summed E-state index contributed by atoms with van der Waals surface area (Å²) in [5.41, 5.74) is 1.16. The van der Waals surface area contributed by atoms with Crippen molar-refractivity contribution >= 4 is 0 Å². The van der Waals surface area contributed by atoms with E-state index < -0.39 is 0 Å². The van der Waals surface area contributed by atoms with E-state index >= 15 is 0 Å². The Bertz CT molecular complexity index is 263. The molecule has 13 heavy (non-hydrogen) atoms. The average molecular weight is 179 g/mol. The van der Waals surface area contributed by atoms with Crippen LogP contribution in [0.1, 0.15) is 5.56 Å². The highest BCUT2D eigenvalue weighted by Gasteiger charge is 2.25. The molecule has 1 fully saturated rings. The summed E-state index contributed by atoms with van der Waals surface area (Å²) in [6, 6.07) is 3.94. The van der Waals surface area contributed by atoms with E-state index in [1.54, 1.807) is 6.20 Å². The lowest BCUT2D eigenvalue weighted by Gasteiger charge is -2.11. The minimum Gasteiger partial charge on any atom is -0.390 e. The Kier molecular flexibility index (Phi) is 2.57. The van der Waals surface area contributed by atoms with Crippen LogP contribution in [-0.4, -0.2) is 29.4 Å². The smallest absolute Gasteiger partial charge is 0.0826 e. The molecule has 0 radical (unpaired) electrons. The molecule has 3 nitrogen and oxygen atoms in total. The second-order valence-electron chi connectivity index (χ2n) is 3.43. The summed E-state index contributed by atoms with van der Waals surface area (Å²) in [4.78, 5) is 4.03. The zero-order valence-electron chi connectivity index (χ0n) is 7.39. The minimum absolute atomic E-state index is 0.240. The largest absolute Gasteiger partial charge is 0.390 e. The highest BCUT2D eigenvalue weighted by atomic mass is 16.5. The molecule has 70 valence electrons. The molecule has 2 atom stereocenters. The molecule has 3 heteroatoms. The highest BCUT2D eigenvalue weighted by Crippen LogP contribution is 2.18. The maximum absolute atomic E-state index is 9.50. The quantitative estimate of drug-likeness (QED) is 0.724. The molecule has 0 spiro atoms. The molecule has 0 unspecified atom stereocenters. The van der Waals surface area contributed by atoms with Gasteiger partial charge < -0.3 is 9.84 Å². The van der Waals surface area contributed by atoms with Crippen molar-refractivity contribution in [1.82, 2.24) is 4.98 Å². The van der Waals surface area contributed by atoms with Crippen molar-refractivity contribution in [3.8, 4) is 0 Å². The third-order valence-electron chi connectivity index (χ3n) is 2.39. The summed E-state index contributed by atoms with van der Waals surface area (Å²) in [5, 5.41) is 9.50. The van der Waals surface area contributed by atoms with Gasteiger partial charge in [0.1, 0.15) is 0 Å². The Morgan fingerprint density at radius 2 is 2.46 bits per heavy atom. The molecule has 0 bridgehead atoms. The summed E-state index contributed by atoms with van der Waals surface area (Å²) in [7, 11) is 0. The molecule has 0 aliphatic carbocycles. The number of rotatable bonds is 2. The van der Waals surface area contributed by atoms with Crippen LogP contribution in [0.2, 0.25) is 0 Å². The van der Waals surface area contributed by atoms with Crippen molar-refractivity contribution < 1.29 is 9.84 Å². The molecule has 1 aromatic rings. The molecule has 0 aromatic carbocycles. The van der Waals surface area contributed by atoms with Gasteiger partial charge in [-0.1, -0.05) is 6.07 Å². The number of hydrogen-bond acceptors (Lipinski definition) is 3. The topological polar surface area (TPSA) is 42.4 Å². The lowest BCUT2D eigenvalue weighted by atomic mass is 9.98. The van der Waals surface area contributed by atoms with E-state index in [0.717, 1.165) is 12.0 Å². The molecule has 1 aliphatic rings. The first-order valence-electron chi connectivity index (χ1n) is 4.51. The van der Waals surface area contributed by atoms with Gasteiger partial charge in [-0.15, -0.1) is 0 Å². The molecule has 1 N–H and O–H groups in total. The Labute approximate surface area is 77.4 Å². The van der Waals surface area contributed by atoms with Gasteiger partial charge in [0, 0.05) is 18.3 Å². The molecule has 0 amide bonds. The molecule has 1 aliphatic heterocycles. The fourth-order valence-corrected chi connectivity index (χ4v) is 1.60. The van der Waals surface area contributed by atoms with Crippen molar-refractivity contribution in [2.45, 2.75) is 12.5 Å². The van der Waals surface area contributed by atoms with Crippen molar-refractivity contribution in [1.29, 1.82) is 0 Å². The van der Waals surface area contributed by atoms with Gasteiger partial charge >= 0.3 is 0 Å². The Morgan fingerprint density at radius 3 is 3.08 bits per heavy atom. The number of ether oxygens (including phenoxy) is 1. The van der Waals surface area contributed by atoms with Crippen molar-refractivity contribution in [3.63, 3.8) is 0 Å². The number of aromatic nitrogens is 1. The van der Waals surface area contributed by atoms with Gasteiger partial charge in [0.25, 0.3) is 0 Å². The van der Waals surface area contributed by atoms with E-state index in [0.29, 0.717) is 13.2 Å². The number of pyridine rings is 1. The monoisotopic (exact) mass is 179 g/mol. The van der Waals surface area contributed by atoms with Crippen molar-refractivity contribution in [2.75, 3.05) is 13.2 Å².